The summed E-state index contributed by atoms with van der Waals surface area (Å²) < 4.78 is 0. The Morgan fingerprint density at radius 2 is 2.11 bits per heavy atom. The molecule has 0 aliphatic rings. The summed E-state index contributed by atoms with van der Waals surface area (Å²) >= 11 is 1.69. The Morgan fingerprint density at radius 3 is 2.61 bits per heavy atom. The fourth-order valence-corrected chi connectivity index (χ4v) is 2.34. The molecule has 1 aromatic rings. The molecular formula is C11H17ClN2O3S. The van der Waals surface area contributed by atoms with Gasteiger partial charge in [-0.3, -0.25) is 14.5 Å². The van der Waals surface area contributed by atoms with Crippen molar-refractivity contribution in [3.8, 4) is 0 Å². The number of carboxylic acids is 1. The van der Waals surface area contributed by atoms with E-state index in [2.05, 4.69) is 5.32 Å². The number of amides is 1. The number of nitrogens with zero attached hydrogens (tertiary/aromatic N) is 1. The molecule has 1 aromatic heterocycles. The van der Waals surface area contributed by atoms with Crippen LogP contribution in [0.4, 0.5) is 0 Å². The Balaban J connectivity index is 0.00000289. The average molecular weight is 293 g/mol. The van der Waals surface area contributed by atoms with Gasteiger partial charge in [-0.05, 0) is 26.1 Å². The third-order valence-electron chi connectivity index (χ3n) is 2.07. The van der Waals surface area contributed by atoms with Gasteiger partial charge in [0.25, 0.3) is 0 Å². The molecule has 2 N–H and O–H groups in total. The zero-order valence-electron chi connectivity index (χ0n) is 10.3. The second-order valence-corrected chi connectivity index (χ2v) is 5.23. The first-order valence-electron chi connectivity index (χ1n) is 5.19. The van der Waals surface area contributed by atoms with E-state index in [1.165, 1.54) is 9.75 Å². The predicted octanol–water partition coefficient (Wildman–Crippen LogP) is 1.11. The van der Waals surface area contributed by atoms with E-state index in [1.54, 1.807) is 11.3 Å². The molecule has 0 spiro atoms. The van der Waals surface area contributed by atoms with Gasteiger partial charge >= 0.3 is 5.97 Å². The molecule has 0 bridgehead atoms. The van der Waals surface area contributed by atoms with Gasteiger partial charge in [-0.15, -0.1) is 23.7 Å². The molecule has 18 heavy (non-hydrogen) atoms. The van der Waals surface area contributed by atoms with Crippen molar-refractivity contribution in [2.24, 2.45) is 0 Å². The van der Waals surface area contributed by atoms with E-state index in [1.807, 2.05) is 31.0 Å². The van der Waals surface area contributed by atoms with E-state index >= 15 is 0 Å². The molecule has 1 rings (SSSR count). The number of hydrogen-bond acceptors (Lipinski definition) is 4. The lowest BCUT2D eigenvalue weighted by Crippen LogP contribution is -2.37. The fourth-order valence-electron chi connectivity index (χ4n) is 1.37. The van der Waals surface area contributed by atoms with E-state index in [0.29, 0.717) is 6.54 Å². The van der Waals surface area contributed by atoms with Crippen molar-refractivity contribution in [3.05, 3.63) is 21.9 Å². The first-order valence-corrected chi connectivity index (χ1v) is 6.01. The highest BCUT2D eigenvalue weighted by Gasteiger charge is 2.08. The topological polar surface area (TPSA) is 69.6 Å². The van der Waals surface area contributed by atoms with Gasteiger partial charge in [0.05, 0.1) is 6.54 Å². The number of carbonyl (C=O) groups excluding carboxylic acids is 1. The monoisotopic (exact) mass is 292 g/mol. The minimum Gasteiger partial charge on any atom is -0.480 e. The molecule has 0 unspecified atom stereocenters. The summed E-state index contributed by atoms with van der Waals surface area (Å²) in [6, 6.07) is 4.07. The predicted molar refractivity (Wildman–Crippen MR) is 73.3 cm³/mol. The highest BCUT2D eigenvalue weighted by Crippen LogP contribution is 2.16. The van der Waals surface area contributed by atoms with Gasteiger partial charge < -0.3 is 10.4 Å². The van der Waals surface area contributed by atoms with Crippen LogP contribution in [0.15, 0.2) is 12.1 Å². The first kappa shape index (κ1) is 16.9. The second-order valence-electron chi connectivity index (χ2n) is 3.86. The molecule has 0 saturated heterocycles. The lowest BCUT2D eigenvalue weighted by atomic mass is 10.4. The standard InChI is InChI=1S/C11H16N2O3S.ClH/c1-8-3-4-9(17-8)6-13(2)7-10(14)12-5-11(15)16;/h3-4H,5-7H2,1-2H3,(H,12,14)(H,15,16);1H. The van der Waals surface area contributed by atoms with Gasteiger partial charge in [0.2, 0.25) is 5.91 Å². The molecule has 102 valence electrons. The second kappa shape index (κ2) is 8.07. The number of rotatable bonds is 6. The summed E-state index contributed by atoms with van der Waals surface area (Å²) in [5.74, 6) is -1.31. The van der Waals surface area contributed by atoms with Crippen LogP contribution in [0.2, 0.25) is 0 Å². The number of hydrogen-bond donors (Lipinski definition) is 2. The summed E-state index contributed by atoms with van der Waals surface area (Å²) in [4.78, 5) is 25.9. The largest absolute Gasteiger partial charge is 0.480 e. The Kier molecular flexibility index (Phi) is 7.58. The summed E-state index contributed by atoms with van der Waals surface area (Å²) in [6.07, 6.45) is 0. The molecule has 0 atom stereocenters. The van der Waals surface area contributed by atoms with Crippen molar-refractivity contribution in [1.29, 1.82) is 0 Å². The molecule has 0 aliphatic carbocycles. The van der Waals surface area contributed by atoms with Crippen molar-refractivity contribution in [1.82, 2.24) is 10.2 Å². The van der Waals surface area contributed by atoms with Gasteiger partial charge in [0.15, 0.2) is 0 Å². The molecule has 5 nitrogen and oxygen atoms in total. The summed E-state index contributed by atoms with van der Waals surface area (Å²) in [5.41, 5.74) is 0. The summed E-state index contributed by atoms with van der Waals surface area (Å²) in [7, 11) is 1.83. The van der Waals surface area contributed by atoms with Gasteiger partial charge in [0, 0.05) is 16.3 Å². The van der Waals surface area contributed by atoms with Gasteiger partial charge in [-0.1, -0.05) is 0 Å². The van der Waals surface area contributed by atoms with Gasteiger partial charge in [-0.2, -0.15) is 0 Å². The SMILES string of the molecule is Cc1ccc(CN(C)CC(=O)NCC(=O)O)s1.Cl. The van der Waals surface area contributed by atoms with Crippen LogP contribution in [-0.2, 0) is 16.1 Å². The van der Waals surface area contributed by atoms with E-state index in [9.17, 15) is 9.59 Å². The molecule has 0 aromatic carbocycles. The number of thiophene rings is 1. The summed E-state index contributed by atoms with van der Waals surface area (Å²) in [6.45, 7) is 2.60. The minimum atomic E-state index is -1.03. The number of nitrogens with one attached hydrogen (secondary N) is 1. The summed E-state index contributed by atoms with van der Waals surface area (Å²) in [5, 5.41) is 10.7. The number of likely N-dealkylation sites (N-methyl/N-ethyl adjacent to an activating group) is 1. The van der Waals surface area contributed by atoms with Crippen LogP contribution in [0.5, 0.6) is 0 Å². The first-order chi connectivity index (χ1) is 7.97. The zero-order chi connectivity index (χ0) is 12.8. The van der Waals surface area contributed by atoms with Crippen LogP contribution in [-0.4, -0.2) is 42.0 Å². The van der Waals surface area contributed by atoms with Crippen LogP contribution >= 0.6 is 23.7 Å². The van der Waals surface area contributed by atoms with Crippen LogP contribution in [0.25, 0.3) is 0 Å². The van der Waals surface area contributed by atoms with Crippen LogP contribution in [0.1, 0.15) is 9.75 Å². The zero-order valence-corrected chi connectivity index (χ0v) is 11.9. The van der Waals surface area contributed by atoms with Crippen LogP contribution in [0.3, 0.4) is 0 Å². The molecule has 0 aliphatic heterocycles. The van der Waals surface area contributed by atoms with Crippen molar-refractivity contribution in [3.63, 3.8) is 0 Å². The fraction of sp³-hybridized carbons (Fsp3) is 0.455. The van der Waals surface area contributed by atoms with E-state index in [-0.39, 0.29) is 31.4 Å². The van der Waals surface area contributed by atoms with Crippen LogP contribution in [0, 0.1) is 6.92 Å². The van der Waals surface area contributed by atoms with Gasteiger partial charge in [0.1, 0.15) is 6.54 Å². The van der Waals surface area contributed by atoms with Crippen molar-refractivity contribution in [2.45, 2.75) is 13.5 Å². The van der Waals surface area contributed by atoms with E-state index < -0.39 is 5.97 Å². The number of aryl methyl sites for hydroxylation is 1. The number of aliphatic carboxylic acids is 1. The highest BCUT2D eigenvalue weighted by atomic mass is 35.5. The lowest BCUT2D eigenvalue weighted by molar-refractivity contribution is -0.138. The molecule has 0 saturated carbocycles. The van der Waals surface area contributed by atoms with Crippen LogP contribution < -0.4 is 5.32 Å². The Bertz CT molecular complexity index is 409. The minimum absolute atomic E-state index is 0. The third-order valence-corrected chi connectivity index (χ3v) is 3.06. The Labute approximate surface area is 116 Å². The van der Waals surface area contributed by atoms with E-state index in [0.717, 1.165) is 0 Å². The quantitative estimate of drug-likeness (QED) is 0.824. The molecular weight excluding hydrogens is 276 g/mol. The van der Waals surface area contributed by atoms with Crippen molar-refractivity contribution >= 4 is 35.6 Å². The van der Waals surface area contributed by atoms with Gasteiger partial charge in [-0.25, -0.2) is 0 Å². The molecule has 1 amide bonds. The molecule has 0 fully saturated rings. The maximum atomic E-state index is 11.3. The van der Waals surface area contributed by atoms with Crippen molar-refractivity contribution in [2.75, 3.05) is 20.1 Å². The Morgan fingerprint density at radius 1 is 1.44 bits per heavy atom. The number of halogens is 1. The highest BCUT2D eigenvalue weighted by molar-refractivity contribution is 7.11. The Hall–Kier alpha value is -1.11. The maximum Gasteiger partial charge on any atom is 0.322 e. The van der Waals surface area contributed by atoms with Crippen molar-refractivity contribution < 1.29 is 14.7 Å². The maximum absolute atomic E-state index is 11.3. The smallest absolute Gasteiger partial charge is 0.322 e. The molecule has 1 heterocycles. The van der Waals surface area contributed by atoms with E-state index in [4.69, 9.17) is 5.11 Å². The molecule has 7 heteroatoms. The molecule has 0 radical (unpaired) electrons. The normalized spacial score (nSPS) is 9.94. The number of carboxylic acid groups (broad SMARTS) is 1. The third kappa shape index (κ3) is 6.58. The average Bonchev–Trinajstić information content (AvgIpc) is 2.60. The number of carbonyl (C=O) groups is 2. The lowest BCUT2D eigenvalue weighted by Gasteiger charge is -2.14.